The van der Waals surface area contributed by atoms with Gasteiger partial charge in [-0.3, -0.25) is 4.79 Å². The molecule has 4 N–H and O–H groups in total. The molecule has 19 heavy (non-hydrogen) atoms. The topological polar surface area (TPSA) is 87.7 Å². The molecule has 0 radical (unpaired) electrons. The van der Waals surface area contributed by atoms with Crippen LogP contribution in [0, 0.1) is 11.8 Å². The second kappa shape index (κ2) is 5.73. The molecule has 1 amide bonds. The number of amidine groups is 1. The van der Waals surface area contributed by atoms with Crippen LogP contribution >= 0.6 is 0 Å². The lowest BCUT2D eigenvalue weighted by Crippen LogP contribution is -2.40. The van der Waals surface area contributed by atoms with Gasteiger partial charge in [-0.15, -0.1) is 0 Å². The van der Waals surface area contributed by atoms with Crippen LogP contribution in [0.5, 0.6) is 0 Å². The van der Waals surface area contributed by atoms with E-state index in [9.17, 15) is 4.79 Å². The summed E-state index contributed by atoms with van der Waals surface area (Å²) in [5.41, 5.74) is 6.47. The monoisotopic (exact) mass is 261 g/mol. The molecular weight excluding hydrogens is 242 g/mol. The predicted octanol–water partition coefficient (Wildman–Crippen LogP) is 1.64. The highest BCUT2D eigenvalue weighted by Gasteiger charge is 2.34. The first-order valence-corrected chi connectivity index (χ1v) is 6.46. The Balaban J connectivity index is 2.12. The first kappa shape index (κ1) is 13.4. The Hall–Kier alpha value is -2.04. The molecule has 0 aliphatic heterocycles. The van der Waals surface area contributed by atoms with Crippen LogP contribution in [0.25, 0.3) is 0 Å². The van der Waals surface area contributed by atoms with Crippen molar-refractivity contribution in [3.05, 3.63) is 35.9 Å². The number of amides is 1. The SMILES string of the molecule is CC(C(=O)NC(/C(N)=N/O)c1ccccc1)C1CC1. The molecule has 0 bridgehead atoms. The van der Waals surface area contributed by atoms with Gasteiger partial charge in [0.1, 0.15) is 6.04 Å². The number of hydrogen-bond acceptors (Lipinski definition) is 3. The van der Waals surface area contributed by atoms with Gasteiger partial charge in [0.05, 0.1) is 0 Å². The molecule has 102 valence electrons. The Morgan fingerprint density at radius 2 is 2.05 bits per heavy atom. The molecular formula is C14H19N3O2. The van der Waals surface area contributed by atoms with Gasteiger partial charge >= 0.3 is 0 Å². The quantitative estimate of drug-likeness (QED) is 0.326. The van der Waals surface area contributed by atoms with Gasteiger partial charge in [0.15, 0.2) is 5.84 Å². The minimum Gasteiger partial charge on any atom is -0.409 e. The third-order valence-electron chi connectivity index (χ3n) is 3.57. The number of benzene rings is 1. The molecule has 1 saturated carbocycles. The number of hydrogen-bond donors (Lipinski definition) is 3. The zero-order chi connectivity index (χ0) is 13.8. The van der Waals surface area contributed by atoms with Gasteiger partial charge in [-0.05, 0) is 24.3 Å². The average molecular weight is 261 g/mol. The van der Waals surface area contributed by atoms with E-state index in [2.05, 4.69) is 10.5 Å². The van der Waals surface area contributed by atoms with E-state index in [1.165, 1.54) is 0 Å². The fourth-order valence-electron chi connectivity index (χ4n) is 2.12. The summed E-state index contributed by atoms with van der Waals surface area (Å²) in [5, 5.41) is 14.7. The number of carbonyl (C=O) groups excluding carboxylic acids is 1. The fourth-order valence-corrected chi connectivity index (χ4v) is 2.12. The smallest absolute Gasteiger partial charge is 0.223 e. The van der Waals surface area contributed by atoms with Crippen molar-refractivity contribution < 1.29 is 10.0 Å². The van der Waals surface area contributed by atoms with Gasteiger partial charge in [0.25, 0.3) is 0 Å². The fraction of sp³-hybridized carbons (Fsp3) is 0.429. The van der Waals surface area contributed by atoms with Crippen molar-refractivity contribution in [2.45, 2.75) is 25.8 Å². The van der Waals surface area contributed by atoms with Crippen LogP contribution in [0.2, 0.25) is 0 Å². The summed E-state index contributed by atoms with van der Waals surface area (Å²) >= 11 is 0. The lowest BCUT2D eigenvalue weighted by atomic mass is 10.0. The highest BCUT2D eigenvalue weighted by Crippen LogP contribution is 2.36. The van der Waals surface area contributed by atoms with Gasteiger partial charge in [-0.2, -0.15) is 0 Å². The molecule has 5 heteroatoms. The molecule has 0 aromatic heterocycles. The highest BCUT2D eigenvalue weighted by molar-refractivity contribution is 5.91. The minimum atomic E-state index is -0.583. The number of nitrogens with one attached hydrogen (secondary N) is 1. The van der Waals surface area contributed by atoms with E-state index in [1.54, 1.807) is 0 Å². The second-order valence-corrected chi connectivity index (χ2v) is 5.00. The van der Waals surface area contributed by atoms with Crippen LogP contribution in [0.4, 0.5) is 0 Å². The molecule has 1 fully saturated rings. The molecule has 1 aliphatic carbocycles. The van der Waals surface area contributed by atoms with Gasteiger partial charge in [-0.1, -0.05) is 42.4 Å². The van der Waals surface area contributed by atoms with E-state index in [1.807, 2.05) is 37.3 Å². The van der Waals surface area contributed by atoms with Crippen molar-refractivity contribution in [2.75, 3.05) is 0 Å². The molecule has 0 saturated heterocycles. The largest absolute Gasteiger partial charge is 0.409 e. The van der Waals surface area contributed by atoms with Crippen molar-refractivity contribution in [3.8, 4) is 0 Å². The van der Waals surface area contributed by atoms with Gasteiger partial charge in [0, 0.05) is 5.92 Å². The summed E-state index contributed by atoms with van der Waals surface area (Å²) in [7, 11) is 0. The van der Waals surface area contributed by atoms with Gasteiger partial charge in [-0.25, -0.2) is 0 Å². The zero-order valence-corrected chi connectivity index (χ0v) is 10.9. The molecule has 1 aromatic rings. The standard InChI is InChI=1S/C14H19N3O2/c1-9(10-7-8-10)14(18)16-12(13(15)17-19)11-5-3-2-4-6-11/h2-6,9-10,12,19H,7-8H2,1H3,(H2,15,17)(H,16,18). The van der Waals surface area contributed by atoms with Crippen molar-refractivity contribution in [1.29, 1.82) is 0 Å². The van der Waals surface area contributed by atoms with Crippen LogP contribution in [-0.4, -0.2) is 17.0 Å². The Bertz CT molecular complexity index is 469. The molecule has 0 spiro atoms. The van der Waals surface area contributed by atoms with Crippen molar-refractivity contribution in [3.63, 3.8) is 0 Å². The van der Waals surface area contributed by atoms with Crippen LogP contribution in [-0.2, 0) is 4.79 Å². The van der Waals surface area contributed by atoms with Crippen LogP contribution < -0.4 is 11.1 Å². The molecule has 0 heterocycles. The third-order valence-corrected chi connectivity index (χ3v) is 3.57. The van der Waals surface area contributed by atoms with Crippen molar-refractivity contribution in [2.24, 2.45) is 22.7 Å². The van der Waals surface area contributed by atoms with E-state index < -0.39 is 6.04 Å². The lowest BCUT2D eigenvalue weighted by molar-refractivity contribution is -0.125. The molecule has 2 unspecified atom stereocenters. The van der Waals surface area contributed by atoms with E-state index in [0.717, 1.165) is 18.4 Å². The maximum atomic E-state index is 12.1. The van der Waals surface area contributed by atoms with Crippen LogP contribution in [0.15, 0.2) is 35.5 Å². The number of rotatable bonds is 5. The summed E-state index contributed by atoms with van der Waals surface area (Å²) in [6.45, 7) is 1.92. The minimum absolute atomic E-state index is 0.0115. The first-order chi connectivity index (χ1) is 9.13. The average Bonchev–Trinajstić information content (AvgIpc) is 3.28. The van der Waals surface area contributed by atoms with E-state index in [0.29, 0.717) is 5.92 Å². The zero-order valence-electron chi connectivity index (χ0n) is 10.9. The normalized spacial score (nSPS) is 18.7. The third kappa shape index (κ3) is 3.24. The Morgan fingerprint density at radius 3 is 2.58 bits per heavy atom. The van der Waals surface area contributed by atoms with E-state index in [-0.39, 0.29) is 17.7 Å². The van der Waals surface area contributed by atoms with Gasteiger partial charge < -0.3 is 16.3 Å². The molecule has 1 aromatic carbocycles. The molecule has 2 atom stereocenters. The first-order valence-electron chi connectivity index (χ1n) is 6.46. The van der Waals surface area contributed by atoms with Crippen molar-refractivity contribution in [1.82, 2.24) is 5.32 Å². The second-order valence-electron chi connectivity index (χ2n) is 5.00. The summed E-state index contributed by atoms with van der Waals surface area (Å²) in [5.74, 6) is 0.381. The summed E-state index contributed by atoms with van der Waals surface area (Å²) in [6, 6.07) is 8.67. The highest BCUT2D eigenvalue weighted by atomic mass is 16.4. The number of oxime groups is 1. The Labute approximate surface area is 112 Å². The maximum absolute atomic E-state index is 12.1. The van der Waals surface area contributed by atoms with E-state index in [4.69, 9.17) is 10.9 Å². The van der Waals surface area contributed by atoms with Gasteiger partial charge in [0.2, 0.25) is 5.91 Å². The summed E-state index contributed by atoms with van der Waals surface area (Å²) in [4.78, 5) is 12.1. The predicted molar refractivity (Wildman–Crippen MR) is 72.6 cm³/mol. The number of nitrogens with zero attached hydrogens (tertiary/aromatic N) is 1. The Kier molecular flexibility index (Phi) is 4.04. The summed E-state index contributed by atoms with van der Waals surface area (Å²) < 4.78 is 0. The summed E-state index contributed by atoms with van der Waals surface area (Å²) in [6.07, 6.45) is 2.21. The lowest BCUT2D eigenvalue weighted by Gasteiger charge is -2.20. The van der Waals surface area contributed by atoms with E-state index >= 15 is 0 Å². The number of nitrogens with two attached hydrogens (primary N) is 1. The van der Waals surface area contributed by atoms with Crippen LogP contribution in [0.1, 0.15) is 31.4 Å². The van der Waals surface area contributed by atoms with Crippen molar-refractivity contribution >= 4 is 11.7 Å². The Morgan fingerprint density at radius 1 is 1.42 bits per heavy atom. The molecule has 1 aliphatic rings. The maximum Gasteiger partial charge on any atom is 0.223 e. The molecule has 2 rings (SSSR count). The van der Waals surface area contributed by atoms with Crippen LogP contribution in [0.3, 0.4) is 0 Å². The number of carbonyl (C=O) groups is 1. The molecule has 5 nitrogen and oxygen atoms in total.